The standard InChI is InChI=1S/C16H11B2IO/c19-17-18-20-16-11-14-7-2-1-5-12(14)9-10-13-6-3-4-8-15(13)16/h1-8,16H,11H2. The second kappa shape index (κ2) is 6.51. The predicted molar refractivity (Wildman–Crippen MR) is 91.9 cm³/mol. The van der Waals surface area contributed by atoms with Gasteiger partial charge in [-0.05, 0) is 23.3 Å². The van der Waals surface area contributed by atoms with E-state index in [1.165, 1.54) is 5.56 Å². The van der Waals surface area contributed by atoms with Gasteiger partial charge in [-0.3, -0.25) is 0 Å². The average Bonchev–Trinajstić information content (AvgIpc) is 2.48. The summed E-state index contributed by atoms with van der Waals surface area (Å²) in [5.41, 5.74) is 4.54. The molecule has 2 aromatic rings. The largest absolute Gasteiger partial charge is 0.443 e. The second-order valence-electron chi connectivity index (χ2n) is 4.59. The van der Waals surface area contributed by atoms with Crippen LogP contribution in [0.2, 0.25) is 0 Å². The lowest BCUT2D eigenvalue weighted by Crippen LogP contribution is -2.15. The van der Waals surface area contributed by atoms with E-state index in [-0.39, 0.29) is 6.10 Å². The molecular weight excluding hydrogens is 357 g/mol. The first-order valence-electron chi connectivity index (χ1n) is 6.48. The Kier molecular flexibility index (Phi) is 4.49. The van der Waals surface area contributed by atoms with Crippen LogP contribution in [0.5, 0.6) is 0 Å². The molecule has 0 fully saturated rings. The Morgan fingerprint density at radius 3 is 2.55 bits per heavy atom. The number of hydrogen-bond donors (Lipinski definition) is 0. The van der Waals surface area contributed by atoms with Crippen LogP contribution in [-0.2, 0) is 11.1 Å². The van der Waals surface area contributed by atoms with Crippen molar-refractivity contribution in [1.29, 1.82) is 0 Å². The van der Waals surface area contributed by atoms with Crippen LogP contribution in [0.15, 0.2) is 48.5 Å². The summed E-state index contributed by atoms with van der Waals surface area (Å²) in [7, 11) is 1.75. The number of benzene rings is 2. The van der Waals surface area contributed by atoms with E-state index in [1.54, 1.807) is 7.37 Å². The van der Waals surface area contributed by atoms with Gasteiger partial charge >= 0.3 is 0 Å². The highest BCUT2D eigenvalue weighted by Gasteiger charge is 2.18. The molecule has 94 valence electrons. The molecule has 0 saturated carbocycles. The Bertz CT molecular complexity index is 675. The summed E-state index contributed by atoms with van der Waals surface area (Å²) in [5, 5.41) is 1.89. The van der Waals surface area contributed by atoms with E-state index in [2.05, 4.69) is 64.5 Å². The maximum atomic E-state index is 5.90. The lowest BCUT2D eigenvalue weighted by Gasteiger charge is -2.22. The van der Waals surface area contributed by atoms with Gasteiger partial charge in [0.2, 0.25) is 0 Å². The third-order valence-corrected chi connectivity index (χ3v) is 3.65. The Morgan fingerprint density at radius 2 is 1.70 bits per heavy atom. The van der Waals surface area contributed by atoms with Crippen LogP contribution in [0.4, 0.5) is 0 Å². The van der Waals surface area contributed by atoms with Crippen LogP contribution in [0.3, 0.4) is 0 Å². The monoisotopic (exact) mass is 368 g/mol. The molecule has 0 saturated heterocycles. The smallest absolute Gasteiger partial charge is 0.257 e. The van der Waals surface area contributed by atoms with Crippen LogP contribution < -0.4 is 0 Å². The van der Waals surface area contributed by atoms with Crippen molar-refractivity contribution in [2.75, 3.05) is 0 Å². The van der Waals surface area contributed by atoms with Crippen molar-refractivity contribution in [2.45, 2.75) is 12.5 Å². The van der Waals surface area contributed by atoms with E-state index in [0.29, 0.717) is 0 Å². The lowest BCUT2D eigenvalue weighted by atomic mass is 9.71. The van der Waals surface area contributed by atoms with Gasteiger partial charge in [0, 0.05) is 17.5 Å². The van der Waals surface area contributed by atoms with Gasteiger partial charge in [-0.25, -0.2) is 0 Å². The highest BCUT2D eigenvalue weighted by atomic mass is 127. The summed E-state index contributed by atoms with van der Waals surface area (Å²) in [6, 6.07) is 16.5. The summed E-state index contributed by atoms with van der Waals surface area (Å²) < 4.78 is 5.90. The Labute approximate surface area is 134 Å². The van der Waals surface area contributed by atoms with Crippen molar-refractivity contribution in [3.63, 3.8) is 0 Å². The minimum absolute atomic E-state index is 0.00738. The maximum absolute atomic E-state index is 5.90. The van der Waals surface area contributed by atoms with E-state index < -0.39 is 0 Å². The summed E-state index contributed by atoms with van der Waals surface area (Å²) in [5.74, 6) is 6.54. The maximum Gasteiger partial charge on any atom is 0.257 e. The summed E-state index contributed by atoms with van der Waals surface area (Å²) >= 11 is 2.17. The molecular formula is C16H11B2IO. The highest BCUT2D eigenvalue weighted by Crippen LogP contribution is 2.27. The first kappa shape index (κ1) is 13.8. The molecule has 1 aliphatic rings. The van der Waals surface area contributed by atoms with E-state index in [0.717, 1.165) is 23.1 Å². The van der Waals surface area contributed by atoms with Crippen LogP contribution >= 0.6 is 22.4 Å². The molecule has 0 aliphatic heterocycles. The van der Waals surface area contributed by atoms with E-state index in [1.807, 2.05) is 23.2 Å². The van der Waals surface area contributed by atoms with Crippen LogP contribution in [-0.4, -0.2) is 12.4 Å². The second-order valence-corrected chi connectivity index (χ2v) is 5.30. The van der Waals surface area contributed by atoms with Crippen molar-refractivity contribution in [3.8, 4) is 11.8 Å². The Morgan fingerprint density at radius 1 is 1.00 bits per heavy atom. The number of halogens is 1. The molecule has 0 spiro atoms. The zero-order valence-electron chi connectivity index (χ0n) is 10.8. The molecule has 0 aromatic heterocycles. The van der Waals surface area contributed by atoms with Crippen LogP contribution in [0.1, 0.15) is 28.4 Å². The summed E-state index contributed by atoms with van der Waals surface area (Å²) in [6.07, 6.45) is 0.844. The van der Waals surface area contributed by atoms with Gasteiger partial charge in [0.25, 0.3) is 7.37 Å². The molecule has 0 heterocycles. The summed E-state index contributed by atoms with van der Waals surface area (Å²) in [4.78, 5) is 0. The van der Waals surface area contributed by atoms with Crippen LogP contribution in [0.25, 0.3) is 0 Å². The molecule has 0 amide bonds. The molecule has 1 nitrogen and oxygen atoms in total. The fraction of sp³-hybridized carbons (Fsp3) is 0.125. The topological polar surface area (TPSA) is 9.23 Å². The molecule has 4 heteroatoms. The zero-order valence-corrected chi connectivity index (χ0v) is 13.0. The molecule has 1 unspecified atom stereocenters. The van der Waals surface area contributed by atoms with Gasteiger partial charge in [0.15, 0.2) is 5.03 Å². The highest BCUT2D eigenvalue weighted by molar-refractivity contribution is 14.1. The summed E-state index contributed by atoms with van der Waals surface area (Å²) in [6.45, 7) is 0. The minimum Gasteiger partial charge on any atom is -0.443 e. The molecule has 3 rings (SSSR count). The van der Waals surface area contributed by atoms with Crippen molar-refractivity contribution < 1.29 is 4.65 Å². The molecule has 0 N–H and O–H groups in total. The van der Waals surface area contributed by atoms with Gasteiger partial charge in [-0.1, -0.05) is 48.2 Å². The average molecular weight is 368 g/mol. The fourth-order valence-corrected chi connectivity index (χ4v) is 2.57. The van der Waals surface area contributed by atoms with Gasteiger partial charge < -0.3 is 4.65 Å². The number of fused-ring (bicyclic) bond motifs is 2. The fourth-order valence-electron chi connectivity index (χ4n) is 2.40. The number of rotatable bonds is 3. The molecule has 20 heavy (non-hydrogen) atoms. The first-order chi connectivity index (χ1) is 9.88. The van der Waals surface area contributed by atoms with Gasteiger partial charge in [-0.2, -0.15) is 22.4 Å². The quantitative estimate of drug-likeness (QED) is 0.459. The van der Waals surface area contributed by atoms with E-state index in [9.17, 15) is 0 Å². The lowest BCUT2D eigenvalue weighted by molar-refractivity contribution is 0.223. The first-order valence-corrected chi connectivity index (χ1v) is 7.72. The van der Waals surface area contributed by atoms with Crippen molar-refractivity contribution in [1.82, 2.24) is 0 Å². The minimum atomic E-state index is 0.00738. The Balaban J connectivity index is 2.07. The third-order valence-electron chi connectivity index (χ3n) is 3.36. The zero-order chi connectivity index (χ0) is 13.8. The molecule has 0 bridgehead atoms. The van der Waals surface area contributed by atoms with Crippen LogP contribution in [0, 0.1) is 11.8 Å². The van der Waals surface area contributed by atoms with Gasteiger partial charge in [-0.15, -0.1) is 0 Å². The molecule has 2 radical (unpaired) electrons. The van der Waals surface area contributed by atoms with Crippen molar-refractivity contribution in [2.24, 2.45) is 0 Å². The van der Waals surface area contributed by atoms with Crippen molar-refractivity contribution in [3.05, 3.63) is 70.8 Å². The van der Waals surface area contributed by atoms with E-state index in [4.69, 9.17) is 4.65 Å². The molecule has 1 atom stereocenters. The number of hydrogen-bond acceptors (Lipinski definition) is 1. The van der Waals surface area contributed by atoms with E-state index >= 15 is 0 Å². The molecule has 1 aliphatic carbocycles. The predicted octanol–water partition coefficient (Wildman–Crippen LogP) is 3.29. The Hall–Kier alpha value is -1.18. The van der Waals surface area contributed by atoms with Gasteiger partial charge in [0.1, 0.15) is 0 Å². The van der Waals surface area contributed by atoms with Gasteiger partial charge in [0.05, 0.1) is 6.10 Å². The molecule has 2 aromatic carbocycles. The third kappa shape index (κ3) is 2.94. The normalized spacial score (nSPS) is 15.8. The SMILES string of the molecule is I[B][B]OC1Cc2ccccc2C#Cc2ccccc21. The van der Waals surface area contributed by atoms with Crippen molar-refractivity contribution >= 4 is 34.8 Å².